The van der Waals surface area contributed by atoms with Crippen LogP contribution in [-0.4, -0.2) is 9.78 Å². The minimum atomic E-state index is -1.25. The second kappa shape index (κ2) is 4.89. The minimum Gasteiger partial charge on any atom is -0.219 e. The normalized spacial score (nSPS) is 11.4. The molecule has 0 atom stereocenters. The number of benzene rings is 1. The number of hydrogen-bond donors (Lipinski definition) is 0. The predicted molar refractivity (Wildman–Crippen MR) is 67.3 cm³/mol. The summed E-state index contributed by atoms with van der Waals surface area (Å²) < 4.78 is 40.9. The first-order valence-electron chi connectivity index (χ1n) is 5.72. The molecule has 0 aliphatic carbocycles. The zero-order chi connectivity index (χ0) is 14.3. The van der Waals surface area contributed by atoms with Crippen LogP contribution in [0.2, 0.25) is 5.15 Å². The second-order valence-electron chi connectivity index (χ2n) is 4.57. The highest BCUT2D eigenvalue weighted by atomic mass is 35.5. The third kappa shape index (κ3) is 2.34. The molecule has 19 heavy (non-hydrogen) atoms. The molecule has 0 unspecified atom stereocenters. The van der Waals surface area contributed by atoms with Gasteiger partial charge in [-0.15, -0.1) is 0 Å². The summed E-state index contributed by atoms with van der Waals surface area (Å²) in [6.45, 7) is 5.57. The summed E-state index contributed by atoms with van der Waals surface area (Å²) in [6, 6.07) is 1.22. The summed E-state index contributed by atoms with van der Waals surface area (Å²) in [6.07, 6.45) is 0. The van der Waals surface area contributed by atoms with Crippen molar-refractivity contribution in [2.45, 2.75) is 26.7 Å². The average Bonchev–Trinajstić information content (AvgIpc) is 2.59. The van der Waals surface area contributed by atoms with E-state index in [4.69, 9.17) is 11.6 Å². The number of aryl methyl sites for hydroxylation is 1. The summed E-state index contributed by atoms with van der Waals surface area (Å²) in [5.74, 6) is -3.22. The molecule has 6 heteroatoms. The van der Waals surface area contributed by atoms with Gasteiger partial charge in [-0.2, -0.15) is 5.10 Å². The first-order chi connectivity index (χ1) is 8.82. The monoisotopic (exact) mass is 288 g/mol. The van der Waals surface area contributed by atoms with Crippen molar-refractivity contribution in [3.05, 3.63) is 46.0 Å². The maximum atomic E-state index is 13.7. The molecule has 1 aromatic carbocycles. The molecule has 0 fully saturated rings. The average molecular weight is 289 g/mol. The van der Waals surface area contributed by atoms with E-state index in [1.54, 1.807) is 6.92 Å². The third-order valence-electron chi connectivity index (χ3n) is 2.84. The fourth-order valence-electron chi connectivity index (χ4n) is 2.00. The fraction of sp³-hybridized carbons (Fsp3) is 0.308. The number of halogens is 4. The molecule has 102 valence electrons. The van der Waals surface area contributed by atoms with Crippen molar-refractivity contribution in [2.24, 2.45) is 0 Å². The van der Waals surface area contributed by atoms with E-state index in [0.29, 0.717) is 11.8 Å². The smallest absolute Gasteiger partial charge is 0.161 e. The molecule has 2 aromatic rings. The molecule has 0 saturated heterocycles. The van der Waals surface area contributed by atoms with Gasteiger partial charge in [0.25, 0.3) is 0 Å². The number of rotatable bonds is 2. The van der Waals surface area contributed by atoms with Crippen molar-refractivity contribution in [3.8, 4) is 5.69 Å². The van der Waals surface area contributed by atoms with Gasteiger partial charge in [0.15, 0.2) is 17.5 Å². The van der Waals surface area contributed by atoms with E-state index >= 15 is 0 Å². The molecule has 0 spiro atoms. The number of nitrogens with zero attached hydrogens (tertiary/aromatic N) is 2. The second-order valence-corrected chi connectivity index (χ2v) is 4.93. The van der Waals surface area contributed by atoms with Crippen molar-refractivity contribution in [2.75, 3.05) is 0 Å². The van der Waals surface area contributed by atoms with E-state index < -0.39 is 17.5 Å². The SMILES string of the molecule is Cc1nn(-c2cc(F)c(F)cc2F)c(Cl)c1C(C)C. The zero-order valence-electron chi connectivity index (χ0n) is 10.6. The maximum Gasteiger partial charge on any atom is 0.161 e. The largest absolute Gasteiger partial charge is 0.219 e. The Kier molecular flexibility index (Phi) is 3.58. The van der Waals surface area contributed by atoms with Crippen molar-refractivity contribution in [1.82, 2.24) is 9.78 Å². The molecule has 0 aliphatic rings. The Labute approximate surface area is 113 Å². The van der Waals surface area contributed by atoms with Gasteiger partial charge in [-0.1, -0.05) is 25.4 Å². The Balaban J connectivity index is 2.67. The minimum absolute atomic E-state index is 0.0922. The van der Waals surface area contributed by atoms with Crippen LogP contribution < -0.4 is 0 Å². The highest BCUT2D eigenvalue weighted by Crippen LogP contribution is 2.30. The Morgan fingerprint density at radius 3 is 2.21 bits per heavy atom. The summed E-state index contributed by atoms with van der Waals surface area (Å²) in [5, 5.41) is 4.29. The van der Waals surface area contributed by atoms with Crippen molar-refractivity contribution < 1.29 is 13.2 Å². The Hall–Kier alpha value is -1.49. The van der Waals surface area contributed by atoms with Crippen molar-refractivity contribution in [1.29, 1.82) is 0 Å². The van der Waals surface area contributed by atoms with E-state index in [1.807, 2.05) is 13.8 Å². The van der Waals surface area contributed by atoms with Crippen LogP contribution in [0.25, 0.3) is 5.69 Å². The molecule has 2 nitrogen and oxygen atoms in total. The van der Waals surface area contributed by atoms with Crippen LogP contribution in [0.5, 0.6) is 0 Å². The van der Waals surface area contributed by atoms with Gasteiger partial charge in [0, 0.05) is 17.7 Å². The Morgan fingerprint density at radius 1 is 1.11 bits per heavy atom. The summed E-state index contributed by atoms with van der Waals surface area (Å²) in [4.78, 5) is 0. The first-order valence-corrected chi connectivity index (χ1v) is 6.10. The van der Waals surface area contributed by atoms with E-state index in [0.717, 1.165) is 16.3 Å². The molecule has 0 radical (unpaired) electrons. The van der Waals surface area contributed by atoms with E-state index in [2.05, 4.69) is 5.10 Å². The van der Waals surface area contributed by atoms with Gasteiger partial charge in [0.05, 0.1) is 5.69 Å². The quantitative estimate of drug-likeness (QED) is 0.750. The molecule has 0 amide bonds. The van der Waals surface area contributed by atoms with Gasteiger partial charge in [0.2, 0.25) is 0 Å². The van der Waals surface area contributed by atoms with Gasteiger partial charge >= 0.3 is 0 Å². The Bertz CT molecular complexity index is 635. The van der Waals surface area contributed by atoms with Gasteiger partial charge in [-0.05, 0) is 12.8 Å². The fourth-order valence-corrected chi connectivity index (χ4v) is 2.48. The summed E-state index contributed by atoms with van der Waals surface area (Å²) in [7, 11) is 0. The van der Waals surface area contributed by atoms with E-state index in [1.165, 1.54) is 0 Å². The van der Waals surface area contributed by atoms with Crippen LogP contribution in [0, 0.1) is 24.4 Å². The molecule has 0 N–H and O–H groups in total. The van der Waals surface area contributed by atoms with E-state index in [9.17, 15) is 13.2 Å². The van der Waals surface area contributed by atoms with Gasteiger partial charge in [-0.25, -0.2) is 17.9 Å². The Morgan fingerprint density at radius 2 is 1.68 bits per heavy atom. The lowest BCUT2D eigenvalue weighted by Crippen LogP contribution is -2.03. The molecule has 1 heterocycles. The third-order valence-corrected chi connectivity index (χ3v) is 3.21. The lowest BCUT2D eigenvalue weighted by atomic mass is 10.1. The van der Waals surface area contributed by atoms with Crippen LogP contribution >= 0.6 is 11.6 Å². The molecule has 2 rings (SSSR count). The zero-order valence-corrected chi connectivity index (χ0v) is 11.4. The molecule has 1 aromatic heterocycles. The van der Waals surface area contributed by atoms with Gasteiger partial charge in [-0.3, -0.25) is 0 Å². The molecule has 0 bridgehead atoms. The molecule has 0 aliphatic heterocycles. The molecular weight excluding hydrogens is 277 g/mol. The molecule has 0 saturated carbocycles. The van der Waals surface area contributed by atoms with E-state index in [-0.39, 0.29) is 16.8 Å². The standard InChI is InChI=1S/C13H12ClF3N2/c1-6(2)12-7(3)18-19(13(12)14)11-5-9(16)8(15)4-10(11)17/h4-6H,1-3H3. The lowest BCUT2D eigenvalue weighted by Gasteiger charge is -2.07. The van der Waals surface area contributed by atoms with Crippen molar-refractivity contribution in [3.63, 3.8) is 0 Å². The van der Waals surface area contributed by atoms with Crippen molar-refractivity contribution >= 4 is 11.6 Å². The molecular formula is C13H12ClF3N2. The van der Waals surface area contributed by atoms with Crippen LogP contribution in [0.1, 0.15) is 31.0 Å². The van der Waals surface area contributed by atoms with Crippen LogP contribution in [-0.2, 0) is 0 Å². The topological polar surface area (TPSA) is 17.8 Å². The summed E-state index contributed by atoms with van der Waals surface area (Å²) in [5.41, 5.74) is 1.17. The highest BCUT2D eigenvalue weighted by molar-refractivity contribution is 6.30. The highest BCUT2D eigenvalue weighted by Gasteiger charge is 2.20. The summed E-state index contributed by atoms with van der Waals surface area (Å²) >= 11 is 6.14. The van der Waals surface area contributed by atoms with Crippen LogP contribution in [0.3, 0.4) is 0 Å². The van der Waals surface area contributed by atoms with Crippen LogP contribution in [0.4, 0.5) is 13.2 Å². The van der Waals surface area contributed by atoms with Crippen LogP contribution in [0.15, 0.2) is 12.1 Å². The van der Waals surface area contributed by atoms with Gasteiger partial charge < -0.3 is 0 Å². The number of hydrogen-bond acceptors (Lipinski definition) is 1. The lowest BCUT2D eigenvalue weighted by molar-refractivity contribution is 0.491. The van der Waals surface area contributed by atoms with Gasteiger partial charge in [0.1, 0.15) is 10.8 Å². The number of aromatic nitrogens is 2. The first kappa shape index (κ1) is 13.9. The maximum absolute atomic E-state index is 13.7. The predicted octanol–water partition coefficient (Wildman–Crippen LogP) is 4.37.